The van der Waals surface area contributed by atoms with Crippen molar-refractivity contribution >= 4 is 21.9 Å². The summed E-state index contributed by atoms with van der Waals surface area (Å²) in [5.74, 6) is -0.270. The van der Waals surface area contributed by atoms with Gasteiger partial charge in [-0.05, 0) is 31.2 Å². The van der Waals surface area contributed by atoms with Gasteiger partial charge in [0.1, 0.15) is 6.10 Å². The number of benzene rings is 1. The lowest BCUT2D eigenvalue weighted by molar-refractivity contribution is 0.000447. The second-order valence-electron chi connectivity index (χ2n) is 4.64. The highest BCUT2D eigenvalue weighted by Gasteiger charge is 2.17. The van der Waals surface area contributed by atoms with Crippen molar-refractivity contribution < 1.29 is 14.3 Å². The maximum Gasteiger partial charge on any atom is 0.338 e. The number of esters is 1. The van der Waals surface area contributed by atoms with Gasteiger partial charge in [0.15, 0.2) is 0 Å². The molecular formula is C14H18BrNO3. The van der Waals surface area contributed by atoms with Crippen molar-refractivity contribution in [1.29, 1.82) is 0 Å². The summed E-state index contributed by atoms with van der Waals surface area (Å²) in [7, 11) is 0. The number of morpholine rings is 1. The topological polar surface area (TPSA) is 38.8 Å². The minimum Gasteiger partial charge on any atom is -0.458 e. The molecule has 1 fully saturated rings. The van der Waals surface area contributed by atoms with Crippen molar-refractivity contribution in [2.45, 2.75) is 13.0 Å². The van der Waals surface area contributed by atoms with Gasteiger partial charge in [-0.25, -0.2) is 4.79 Å². The summed E-state index contributed by atoms with van der Waals surface area (Å²) in [5.41, 5.74) is 0.581. The summed E-state index contributed by atoms with van der Waals surface area (Å²) < 4.78 is 11.7. The van der Waals surface area contributed by atoms with Gasteiger partial charge in [0.25, 0.3) is 0 Å². The van der Waals surface area contributed by atoms with Crippen molar-refractivity contribution in [3.05, 3.63) is 34.3 Å². The minimum absolute atomic E-state index is 0.116. The van der Waals surface area contributed by atoms with Crippen LogP contribution in [0.3, 0.4) is 0 Å². The van der Waals surface area contributed by atoms with E-state index in [4.69, 9.17) is 9.47 Å². The largest absolute Gasteiger partial charge is 0.458 e. The van der Waals surface area contributed by atoms with Crippen molar-refractivity contribution in [3.63, 3.8) is 0 Å². The highest BCUT2D eigenvalue weighted by Crippen LogP contribution is 2.12. The molecule has 0 saturated carbocycles. The molecule has 0 aliphatic carbocycles. The molecule has 0 aromatic heterocycles. The lowest BCUT2D eigenvalue weighted by atomic mass is 10.2. The Balaban J connectivity index is 1.82. The van der Waals surface area contributed by atoms with Crippen LogP contribution in [0.4, 0.5) is 0 Å². The fourth-order valence-electron chi connectivity index (χ4n) is 2.02. The second kappa shape index (κ2) is 7.03. The van der Waals surface area contributed by atoms with E-state index < -0.39 is 0 Å². The number of ether oxygens (including phenoxy) is 2. The average Bonchev–Trinajstić information content (AvgIpc) is 2.40. The Morgan fingerprint density at radius 2 is 2.00 bits per heavy atom. The van der Waals surface area contributed by atoms with E-state index in [1.54, 1.807) is 12.1 Å². The molecule has 0 radical (unpaired) electrons. The molecule has 0 spiro atoms. The van der Waals surface area contributed by atoms with Crippen molar-refractivity contribution in [2.75, 3.05) is 32.8 Å². The molecule has 1 aliphatic rings. The number of rotatable bonds is 4. The normalized spacial score (nSPS) is 18.0. The first-order valence-corrected chi connectivity index (χ1v) is 7.21. The summed E-state index contributed by atoms with van der Waals surface area (Å²) in [6, 6.07) is 7.19. The number of carbonyl (C=O) groups is 1. The summed E-state index contributed by atoms with van der Waals surface area (Å²) >= 11 is 3.34. The maximum atomic E-state index is 11.9. The first kappa shape index (κ1) is 14.5. The fraction of sp³-hybridized carbons (Fsp3) is 0.500. The molecule has 1 heterocycles. The highest BCUT2D eigenvalue weighted by molar-refractivity contribution is 9.10. The van der Waals surface area contributed by atoms with Gasteiger partial charge in [-0.2, -0.15) is 0 Å². The summed E-state index contributed by atoms with van der Waals surface area (Å²) in [4.78, 5) is 14.2. The van der Waals surface area contributed by atoms with Crippen LogP contribution in [0.25, 0.3) is 0 Å². The van der Waals surface area contributed by atoms with Crippen LogP contribution in [-0.4, -0.2) is 49.8 Å². The van der Waals surface area contributed by atoms with E-state index in [2.05, 4.69) is 20.8 Å². The van der Waals surface area contributed by atoms with Gasteiger partial charge in [-0.1, -0.05) is 15.9 Å². The second-order valence-corrected chi connectivity index (χ2v) is 5.55. The average molecular weight is 328 g/mol. The van der Waals surface area contributed by atoms with Crippen LogP contribution < -0.4 is 0 Å². The molecule has 4 nitrogen and oxygen atoms in total. The van der Waals surface area contributed by atoms with E-state index in [0.717, 1.165) is 37.3 Å². The van der Waals surface area contributed by atoms with E-state index >= 15 is 0 Å². The third-order valence-corrected chi connectivity index (χ3v) is 3.54. The van der Waals surface area contributed by atoms with Gasteiger partial charge in [0, 0.05) is 24.1 Å². The van der Waals surface area contributed by atoms with E-state index in [1.165, 1.54) is 0 Å². The number of nitrogens with zero attached hydrogens (tertiary/aromatic N) is 1. The standard InChI is InChI=1S/C14H18BrNO3/c1-11(10-16-6-8-18-9-7-16)19-14(17)12-2-4-13(15)5-3-12/h2-5,11H,6-10H2,1H3/t11-/m1/s1. The summed E-state index contributed by atoms with van der Waals surface area (Å²) in [6.45, 7) is 6.00. The Labute approximate surface area is 121 Å². The Morgan fingerprint density at radius 3 is 2.63 bits per heavy atom. The molecule has 0 unspecified atom stereocenters. The van der Waals surface area contributed by atoms with E-state index in [9.17, 15) is 4.79 Å². The molecule has 0 N–H and O–H groups in total. The molecule has 0 bridgehead atoms. The molecule has 5 heteroatoms. The van der Waals surface area contributed by atoms with Crippen LogP contribution in [0, 0.1) is 0 Å². The lowest BCUT2D eigenvalue weighted by Gasteiger charge is -2.28. The Morgan fingerprint density at radius 1 is 1.37 bits per heavy atom. The molecule has 2 rings (SSSR count). The van der Waals surface area contributed by atoms with Crippen molar-refractivity contribution in [1.82, 2.24) is 4.90 Å². The maximum absolute atomic E-state index is 11.9. The van der Waals surface area contributed by atoms with Crippen LogP contribution in [0.1, 0.15) is 17.3 Å². The van der Waals surface area contributed by atoms with Crippen LogP contribution >= 0.6 is 15.9 Å². The van der Waals surface area contributed by atoms with E-state index in [0.29, 0.717) is 5.56 Å². The molecule has 1 saturated heterocycles. The van der Waals surface area contributed by atoms with E-state index in [-0.39, 0.29) is 12.1 Å². The van der Waals surface area contributed by atoms with E-state index in [1.807, 2.05) is 19.1 Å². The smallest absolute Gasteiger partial charge is 0.338 e. The van der Waals surface area contributed by atoms with Gasteiger partial charge in [-0.3, -0.25) is 4.90 Å². The third kappa shape index (κ3) is 4.60. The fourth-order valence-corrected chi connectivity index (χ4v) is 2.29. The molecule has 1 aromatic rings. The SMILES string of the molecule is C[C@H](CN1CCOCC1)OC(=O)c1ccc(Br)cc1. The molecule has 1 atom stereocenters. The highest BCUT2D eigenvalue weighted by atomic mass is 79.9. The van der Waals surface area contributed by atoms with Gasteiger partial charge in [0.05, 0.1) is 18.8 Å². The first-order chi connectivity index (χ1) is 9.15. The minimum atomic E-state index is -0.270. The van der Waals surface area contributed by atoms with Crippen LogP contribution in [0.5, 0.6) is 0 Å². The molecule has 19 heavy (non-hydrogen) atoms. The number of halogens is 1. The molecule has 1 aromatic carbocycles. The number of carbonyl (C=O) groups excluding carboxylic acids is 1. The predicted molar refractivity (Wildman–Crippen MR) is 76.3 cm³/mol. The van der Waals surface area contributed by atoms with Gasteiger partial charge in [0.2, 0.25) is 0 Å². The number of hydrogen-bond acceptors (Lipinski definition) is 4. The zero-order valence-corrected chi connectivity index (χ0v) is 12.6. The monoisotopic (exact) mass is 327 g/mol. The van der Waals surface area contributed by atoms with Gasteiger partial charge in [-0.15, -0.1) is 0 Å². The van der Waals surface area contributed by atoms with Crippen LogP contribution in [-0.2, 0) is 9.47 Å². The zero-order chi connectivity index (χ0) is 13.7. The van der Waals surface area contributed by atoms with Crippen LogP contribution in [0.2, 0.25) is 0 Å². The summed E-state index contributed by atoms with van der Waals surface area (Å²) in [6.07, 6.45) is -0.116. The molecule has 1 aliphatic heterocycles. The van der Waals surface area contributed by atoms with Crippen molar-refractivity contribution in [2.24, 2.45) is 0 Å². The Hall–Kier alpha value is -0.910. The zero-order valence-electron chi connectivity index (χ0n) is 11.0. The first-order valence-electron chi connectivity index (χ1n) is 6.42. The van der Waals surface area contributed by atoms with Crippen molar-refractivity contribution in [3.8, 4) is 0 Å². The number of hydrogen-bond donors (Lipinski definition) is 0. The van der Waals surface area contributed by atoms with Gasteiger partial charge < -0.3 is 9.47 Å². The molecule has 104 valence electrons. The van der Waals surface area contributed by atoms with Crippen LogP contribution in [0.15, 0.2) is 28.7 Å². The third-order valence-electron chi connectivity index (χ3n) is 3.01. The predicted octanol–water partition coefficient (Wildman–Crippen LogP) is 2.33. The van der Waals surface area contributed by atoms with Gasteiger partial charge >= 0.3 is 5.97 Å². The molecular weight excluding hydrogens is 310 g/mol. The summed E-state index contributed by atoms with van der Waals surface area (Å²) in [5, 5.41) is 0. The molecule has 0 amide bonds. The lowest BCUT2D eigenvalue weighted by Crippen LogP contribution is -2.41. The Bertz CT molecular complexity index is 415. The Kier molecular flexibility index (Phi) is 5.36. The quantitative estimate of drug-likeness (QED) is 0.795.